The normalized spacial score (nSPS) is 10.3. The molecule has 8 nitrogen and oxygen atoms in total. The first-order chi connectivity index (χ1) is 44.5. The van der Waals surface area contributed by atoms with Crippen LogP contribution in [0, 0.1) is 69.2 Å². The molecule has 0 aliphatic carbocycles. The first-order valence-corrected chi connectivity index (χ1v) is 34.5. The van der Waals surface area contributed by atoms with Crippen molar-refractivity contribution in [2.75, 3.05) is 0 Å². The zero-order valence-electron chi connectivity index (χ0n) is 58.5. The van der Waals surface area contributed by atoms with E-state index in [9.17, 15) is 9.32 Å². The van der Waals surface area contributed by atoms with Gasteiger partial charge in [0.05, 0.1) is 4.90 Å². The van der Waals surface area contributed by atoms with Gasteiger partial charge in [-0.15, -0.1) is 0 Å². The van der Waals surface area contributed by atoms with Crippen molar-refractivity contribution in [2.45, 2.75) is 204 Å². The molecule has 0 aliphatic heterocycles. The van der Waals surface area contributed by atoms with Crippen LogP contribution in [0.25, 0.3) is 0 Å². The van der Waals surface area contributed by atoms with Crippen LogP contribution in [0.4, 0.5) is 0 Å². The number of phenolic OH excluding ortho intramolecular Hbond substituents is 6. The van der Waals surface area contributed by atoms with E-state index in [0.29, 0.717) is 39.4 Å². The second-order valence-corrected chi connectivity index (χ2v) is 25.1. The van der Waals surface area contributed by atoms with E-state index in [4.69, 9.17) is 29.7 Å². The molecule has 0 aromatic heterocycles. The fourth-order valence-electron chi connectivity index (χ4n) is 9.07. The lowest BCUT2D eigenvalue weighted by atomic mass is 9.99. The SMILES string of the molecule is CCCCCCCCCc1ccc(O)c(CCCCCCCCC)c1.CCc1ccc(C)cc1.Cc1ccc(C)c(O)c1.Cc1ccc(O)c(C)c1.Cc1ccc(O)c(C)c1.Cc1ccc(O)cc1.Cc1ccc(OS(=O)c2ccc(O)cc2)cc1.Cc1ccccc1. The number of benzene rings is 9. The van der Waals surface area contributed by atoms with Gasteiger partial charge in [0.2, 0.25) is 11.1 Å². The summed E-state index contributed by atoms with van der Waals surface area (Å²) in [5.74, 6) is 2.66. The van der Waals surface area contributed by atoms with Crippen LogP contribution in [0.15, 0.2) is 205 Å². The number of aryl methyl sites for hydroxylation is 13. The summed E-state index contributed by atoms with van der Waals surface area (Å²) in [5.41, 5.74) is 15.2. The van der Waals surface area contributed by atoms with E-state index < -0.39 is 11.1 Å². The molecule has 1 atom stereocenters. The number of hydrogen-bond donors (Lipinski definition) is 6. The Kier molecular flexibility index (Phi) is 42.1. The molecular formula is C84H112O8S. The van der Waals surface area contributed by atoms with Crippen molar-refractivity contribution in [2.24, 2.45) is 0 Å². The Labute approximate surface area is 563 Å². The van der Waals surface area contributed by atoms with Gasteiger partial charge in [0.1, 0.15) is 40.2 Å². The van der Waals surface area contributed by atoms with E-state index >= 15 is 0 Å². The molecule has 9 aromatic carbocycles. The van der Waals surface area contributed by atoms with Crippen LogP contribution in [0.2, 0.25) is 0 Å². The minimum atomic E-state index is -1.56. The Morgan fingerprint density at radius 3 is 1.10 bits per heavy atom. The maximum Gasteiger partial charge on any atom is 0.240 e. The van der Waals surface area contributed by atoms with E-state index in [1.165, 1.54) is 141 Å². The monoisotopic (exact) mass is 1280 g/mol. The van der Waals surface area contributed by atoms with E-state index in [0.717, 1.165) is 52.6 Å². The molecule has 502 valence electrons. The maximum atomic E-state index is 11.8. The Bertz CT molecular complexity index is 3260. The molecule has 9 aromatic rings. The van der Waals surface area contributed by atoms with E-state index in [1.54, 1.807) is 54.6 Å². The van der Waals surface area contributed by atoms with Crippen LogP contribution >= 0.6 is 0 Å². The Morgan fingerprint density at radius 2 is 0.688 bits per heavy atom. The quantitative estimate of drug-likeness (QED) is 0.0414. The zero-order chi connectivity index (χ0) is 68.8. The lowest BCUT2D eigenvalue weighted by Crippen LogP contribution is -2.00. The summed E-state index contributed by atoms with van der Waals surface area (Å²) in [7, 11) is 0. The maximum absolute atomic E-state index is 11.8. The van der Waals surface area contributed by atoms with Gasteiger partial charge in [-0.1, -0.05) is 259 Å². The highest BCUT2D eigenvalue weighted by atomic mass is 32.2. The largest absolute Gasteiger partial charge is 0.508 e. The van der Waals surface area contributed by atoms with Crippen LogP contribution in [-0.4, -0.2) is 34.8 Å². The predicted molar refractivity (Wildman–Crippen MR) is 395 cm³/mol. The summed E-state index contributed by atoms with van der Waals surface area (Å²) < 4.78 is 17.1. The first kappa shape index (κ1) is 80.8. The van der Waals surface area contributed by atoms with Gasteiger partial charge < -0.3 is 34.8 Å². The standard InChI is InChI=1S/C24H42O.C13H12O3S.C9H12.3C8H10O.C7H8O.C7H8/c1-3-5-7-9-11-13-15-17-22-19-20-24(25)23(21-22)18-16-14-12-10-8-6-4-2;1-10-2-6-12(7-3-10)16-17(15)13-8-4-11(14)5-9-13;1-3-9-6-4-8(2)5-7-9;2*1-6-3-4-8(9)7(2)5-6;1-6-3-4-7(2)8(9)5-6;1-6-2-4-7(8)5-3-6;1-7-5-3-2-4-6-7/h19-21,25H,3-18H2,1-2H3;2-9,14H,1H3;4-7H,3H2,1-2H3;3*3-5,9H,1-2H3;2-5,8H,1H3;2-6H,1H3. The third-order valence-electron chi connectivity index (χ3n) is 15.1. The lowest BCUT2D eigenvalue weighted by molar-refractivity contribution is 0.465. The molecule has 0 heterocycles. The summed E-state index contributed by atoms with van der Waals surface area (Å²) in [4.78, 5) is 0.517. The average Bonchev–Trinajstić information content (AvgIpc) is 1.84. The van der Waals surface area contributed by atoms with E-state index in [1.807, 2.05) is 140 Å². The van der Waals surface area contributed by atoms with Gasteiger partial charge in [0.15, 0.2) is 0 Å². The van der Waals surface area contributed by atoms with Crippen molar-refractivity contribution >= 4 is 11.1 Å². The van der Waals surface area contributed by atoms with E-state index in [-0.39, 0.29) is 5.75 Å². The third kappa shape index (κ3) is 39.0. The Hall–Kier alpha value is -8.27. The fraction of sp³-hybridized carbons (Fsp3) is 0.357. The topological polar surface area (TPSA) is 148 Å². The molecular weight excluding hydrogens is 1170 g/mol. The second-order valence-electron chi connectivity index (χ2n) is 24.0. The summed E-state index contributed by atoms with van der Waals surface area (Å²) in [5, 5.41) is 55.2. The van der Waals surface area contributed by atoms with Gasteiger partial charge in [-0.3, -0.25) is 0 Å². The average molecular weight is 1280 g/mol. The van der Waals surface area contributed by atoms with Gasteiger partial charge in [-0.05, 0) is 213 Å². The Balaban J connectivity index is 0.000000379. The predicted octanol–water partition coefficient (Wildman–Crippen LogP) is 23.1. The van der Waals surface area contributed by atoms with Crippen molar-refractivity contribution in [1.29, 1.82) is 0 Å². The highest BCUT2D eigenvalue weighted by molar-refractivity contribution is 7.80. The van der Waals surface area contributed by atoms with Crippen LogP contribution in [0.1, 0.15) is 183 Å². The number of rotatable bonds is 20. The number of aromatic hydroxyl groups is 6. The molecule has 9 rings (SSSR count). The molecule has 0 saturated carbocycles. The van der Waals surface area contributed by atoms with Gasteiger partial charge in [-0.2, -0.15) is 0 Å². The molecule has 0 spiro atoms. The molecule has 9 heteroatoms. The van der Waals surface area contributed by atoms with Crippen LogP contribution < -0.4 is 4.18 Å². The van der Waals surface area contributed by atoms with Gasteiger partial charge in [0.25, 0.3) is 0 Å². The molecule has 93 heavy (non-hydrogen) atoms. The fourth-order valence-corrected chi connectivity index (χ4v) is 9.81. The lowest BCUT2D eigenvalue weighted by Gasteiger charge is -2.08. The number of unbranched alkanes of at least 4 members (excludes halogenated alkanes) is 12. The number of phenols is 6. The molecule has 0 aliphatic rings. The molecule has 1 unspecified atom stereocenters. The molecule has 6 N–H and O–H groups in total. The minimum Gasteiger partial charge on any atom is -0.508 e. The van der Waals surface area contributed by atoms with Crippen molar-refractivity contribution in [3.05, 3.63) is 273 Å². The summed E-state index contributed by atoms with van der Waals surface area (Å²) in [6.45, 7) is 26.5. The van der Waals surface area contributed by atoms with Crippen LogP contribution in [0.5, 0.6) is 40.2 Å². The highest BCUT2D eigenvalue weighted by Gasteiger charge is 2.07. The molecule has 0 bridgehead atoms. The van der Waals surface area contributed by atoms with Gasteiger partial charge in [-0.25, -0.2) is 4.21 Å². The zero-order valence-corrected chi connectivity index (χ0v) is 59.3. The second kappa shape index (κ2) is 48.5. The molecule has 0 amide bonds. The minimum absolute atomic E-state index is 0.140. The number of hydrogen-bond acceptors (Lipinski definition) is 8. The molecule has 0 fully saturated rings. The Morgan fingerprint density at radius 1 is 0.312 bits per heavy atom. The summed E-state index contributed by atoms with van der Waals surface area (Å²) in [6, 6.07) is 62.5. The first-order valence-electron chi connectivity index (χ1n) is 33.4. The highest BCUT2D eigenvalue weighted by Crippen LogP contribution is 2.24. The van der Waals surface area contributed by atoms with Gasteiger partial charge >= 0.3 is 0 Å². The van der Waals surface area contributed by atoms with Crippen molar-refractivity contribution in [3.63, 3.8) is 0 Å². The van der Waals surface area contributed by atoms with Crippen LogP contribution in [0.3, 0.4) is 0 Å². The van der Waals surface area contributed by atoms with Gasteiger partial charge in [0, 0.05) is 0 Å². The van der Waals surface area contributed by atoms with Crippen molar-refractivity contribution in [3.8, 4) is 40.2 Å². The summed E-state index contributed by atoms with van der Waals surface area (Å²) >= 11 is -1.56. The van der Waals surface area contributed by atoms with Crippen LogP contribution in [-0.2, 0) is 30.3 Å². The van der Waals surface area contributed by atoms with Crippen molar-refractivity contribution in [1.82, 2.24) is 0 Å². The molecule has 0 saturated heterocycles. The summed E-state index contributed by atoms with van der Waals surface area (Å²) in [6.07, 6.45) is 22.2. The van der Waals surface area contributed by atoms with Crippen molar-refractivity contribution < 1.29 is 39.0 Å². The third-order valence-corrected chi connectivity index (χ3v) is 16.1. The molecule has 0 radical (unpaired) electrons. The van der Waals surface area contributed by atoms with E-state index in [2.05, 4.69) is 83.1 Å². The smallest absolute Gasteiger partial charge is 0.240 e.